The summed E-state index contributed by atoms with van der Waals surface area (Å²) in [6, 6.07) is 0.0528. The predicted molar refractivity (Wildman–Crippen MR) is 66.1 cm³/mol. The second-order valence-corrected chi connectivity index (χ2v) is 4.91. The number of nitrogens with zero attached hydrogens (tertiary/aromatic N) is 1. The predicted octanol–water partition coefficient (Wildman–Crippen LogP) is -0.0571. The van der Waals surface area contributed by atoms with Gasteiger partial charge in [-0.2, -0.15) is 0 Å². The van der Waals surface area contributed by atoms with Gasteiger partial charge in [0.15, 0.2) is 0 Å². The van der Waals surface area contributed by atoms with Gasteiger partial charge in [0, 0.05) is 26.7 Å². The van der Waals surface area contributed by atoms with Crippen LogP contribution in [-0.4, -0.2) is 56.2 Å². The number of likely N-dealkylation sites (tertiary alicyclic amines) is 1. The van der Waals surface area contributed by atoms with Crippen molar-refractivity contribution in [2.75, 3.05) is 33.4 Å². The van der Waals surface area contributed by atoms with Crippen molar-refractivity contribution in [2.45, 2.75) is 25.3 Å². The number of urea groups is 1. The molecule has 0 aromatic rings. The van der Waals surface area contributed by atoms with E-state index in [9.17, 15) is 9.59 Å². The summed E-state index contributed by atoms with van der Waals surface area (Å²) in [5, 5.41) is 5.61. The van der Waals surface area contributed by atoms with E-state index in [1.807, 2.05) is 0 Å². The average Bonchev–Trinajstić information content (AvgIpc) is 2.90. The molecule has 0 aliphatic carbocycles. The molecule has 0 aromatic heterocycles. The fraction of sp³-hybridized carbons (Fsp3) is 0.833. The van der Waals surface area contributed by atoms with Crippen LogP contribution < -0.4 is 10.6 Å². The van der Waals surface area contributed by atoms with Gasteiger partial charge in [0.1, 0.15) is 0 Å². The van der Waals surface area contributed by atoms with Crippen molar-refractivity contribution in [1.29, 1.82) is 0 Å². The van der Waals surface area contributed by atoms with E-state index >= 15 is 0 Å². The van der Waals surface area contributed by atoms with Crippen LogP contribution in [0.25, 0.3) is 0 Å². The number of piperidine rings is 1. The molecule has 6 heteroatoms. The number of rotatable bonds is 2. The van der Waals surface area contributed by atoms with E-state index in [1.165, 1.54) is 0 Å². The quantitative estimate of drug-likeness (QED) is 0.726. The summed E-state index contributed by atoms with van der Waals surface area (Å²) >= 11 is 0. The molecule has 102 valence electrons. The van der Waals surface area contributed by atoms with Crippen molar-refractivity contribution < 1.29 is 14.3 Å². The first-order valence-corrected chi connectivity index (χ1v) is 6.55. The lowest BCUT2D eigenvalue weighted by Gasteiger charge is -2.32. The summed E-state index contributed by atoms with van der Waals surface area (Å²) in [5.41, 5.74) is 0. The lowest BCUT2D eigenvalue weighted by atomic mass is 9.97. The molecule has 0 radical (unpaired) electrons. The number of nitrogens with one attached hydrogen (secondary N) is 2. The number of hydrogen-bond donors (Lipinski definition) is 2. The molecule has 2 unspecified atom stereocenters. The van der Waals surface area contributed by atoms with Crippen LogP contribution in [0.1, 0.15) is 19.3 Å². The Morgan fingerprint density at radius 2 is 2.17 bits per heavy atom. The summed E-state index contributed by atoms with van der Waals surface area (Å²) in [6.07, 6.45) is 2.61. The van der Waals surface area contributed by atoms with E-state index in [2.05, 4.69) is 10.6 Å². The summed E-state index contributed by atoms with van der Waals surface area (Å²) in [7, 11) is 1.64. The Hall–Kier alpha value is -1.30. The molecule has 0 saturated carbocycles. The van der Waals surface area contributed by atoms with Gasteiger partial charge in [-0.15, -0.1) is 0 Å². The minimum absolute atomic E-state index is 0.0247. The van der Waals surface area contributed by atoms with Crippen molar-refractivity contribution in [1.82, 2.24) is 15.5 Å². The van der Waals surface area contributed by atoms with Gasteiger partial charge in [0.2, 0.25) is 5.91 Å². The lowest BCUT2D eigenvalue weighted by molar-refractivity contribution is -0.125. The Bertz CT molecular complexity index is 316. The minimum Gasteiger partial charge on any atom is -0.379 e. The maximum atomic E-state index is 12.0. The molecule has 0 bridgehead atoms. The van der Waals surface area contributed by atoms with Gasteiger partial charge in [-0.1, -0.05) is 0 Å². The molecule has 0 aromatic carbocycles. The van der Waals surface area contributed by atoms with E-state index < -0.39 is 0 Å². The molecule has 2 rings (SSSR count). The summed E-state index contributed by atoms with van der Waals surface area (Å²) in [6.45, 7) is 2.55. The van der Waals surface area contributed by atoms with Gasteiger partial charge in [-0.05, 0) is 19.3 Å². The van der Waals surface area contributed by atoms with Crippen molar-refractivity contribution in [3.8, 4) is 0 Å². The Morgan fingerprint density at radius 3 is 2.83 bits per heavy atom. The second kappa shape index (κ2) is 6.04. The van der Waals surface area contributed by atoms with Crippen LogP contribution >= 0.6 is 0 Å². The first kappa shape index (κ1) is 13.1. The molecular weight excluding hydrogens is 234 g/mol. The van der Waals surface area contributed by atoms with Crippen LogP contribution in [0.5, 0.6) is 0 Å². The van der Waals surface area contributed by atoms with Crippen LogP contribution in [-0.2, 0) is 9.53 Å². The average molecular weight is 255 g/mol. The fourth-order valence-corrected chi connectivity index (χ4v) is 2.49. The normalized spacial score (nSPS) is 27.9. The topological polar surface area (TPSA) is 70.7 Å². The van der Waals surface area contributed by atoms with Crippen molar-refractivity contribution in [3.63, 3.8) is 0 Å². The fourth-order valence-electron chi connectivity index (χ4n) is 2.49. The number of hydrogen-bond acceptors (Lipinski definition) is 3. The van der Waals surface area contributed by atoms with Gasteiger partial charge >= 0.3 is 6.03 Å². The highest BCUT2D eigenvalue weighted by atomic mass is 16.5. The maximum Gasteiger partial charge on any atom is 0.317 e. The van der Waals surface area contributed by atoms with Crippen molar-refractivity contribution in [3.05, 3.63) is 0 Å². The smallest absolute Gasteiger partial charge is 0.317 e. The van der Waals surface area contributed by atoms with Crippen LogP contribution in [0.3, 0.4) is 0 Å². The van der Waals surface area contributed by atoms with Crippen LogP contribution in [0.2, 0.25) is 0 Å². The van der Waals surface area contributed by atoms with Crippen LogP contribution in [0, 0.1) is 5.92 Å². The van der Waals surface area contributed by atoms with E-state index in [-0.39, 0.29) is 23.9 Å². The van der Waals surface area contributed by atoms with Crippen LogP contribution in [0.4, 0.5) is 4.79 Å². The van der Waals surface area contributed by atoms with E-state index in [1.54, 1.807) is 11.9 Å². The molecule has 0 spiro atoms. The van der Waals surface area contributed by atoms with Crippen molar-refractivity contribution in [2.24, 2.45) is 5.92 Å². The van der Waals surface area contributed by atoms with E-state index in [0.717, 1.165) is 25.8 Å². The van der Waals surface area contributed by atoms with Gasteiger partial charge in [-0.25, -0.2) is 4.79 Å². The summed E-state index contributed by atoms with van der Waals surface area (Å²) in [4.78, 5) is 25.4. The number of amides is 3. The zero-order chi connectivity index (χ0) is 13.0. The number of ether oxygens (including phenoxy) is 1. The molecule has 2 aliphatic heterocycles. The molecule has 3 amide bonds. The second-order valence-electron chi connectivity index (χ2n) is 4.91. The monoisotopic (exact) mass is 255 g/mol. The highest BCUT2D eigenvalue weighted by Crippen LogP contribution is 2.17. The van der Waals surface area contributed by atoms with Gasteiger partial charge in [0.05, 0.1) is 18.6 Å². The Morgan fingerprint density at radius 1 is 1.33 bits per heavy atom. The first-order chi connectivity index (χ1) is 8.70. The minimum atomic E-state index is -0.0747. The SMILES string of the molecule is CNC(=O)C1CCCN(C(=O)NC2CCOC2)C1. The summed E-state index contributed by atoms with van der Waals surface area (Å²) in [5.74, 6) is -0.0500. The molecule has 2 N–H and O–H groups in total. The highest BCUT2D eigenvalue weighted by molar-refractivity contribution is 5.80. The first-order valence-electron chi connectivity index (χ1n) is 6.55. The van der Waals surface area contributed by atoms with Crippen LogP contribution in [0.15, 0.2) is 0 Å². The lowest BCUT2D eigenvalue weighted by Crippen LogP contribution is -2.50. The van der Waals surface area contributed by atoms with Gasteiger partial charge in [0.25, 0.3) is 0 Å². The zero-order valence-electron chi connectivity index (χ0n) is 10.8. The Kier molecular flexibility index (Phi) is 4.41. The Balaban J connectivity index is 1.83. The third kappa shape index (κ3) is 3.13. The molecule has 6 nitrogen and oxygen atoms in total. The van der Waals surface area contributed by atoms with Gasteiger partial charge < -0.3 is 20.3 Å². The number of carbonyl (C=O) groups is 2. The molecule has 2 heterocycles. The molecule has 2 aliphatic rings. The van der Waals surface area contributed by atoms with Crippen molar-refractivity contribution >= 4 is 11.9 Å². The summed E-state index contributed by atoms with van der Waals surface area (Å²) < 4.78 is 5.22. The third-order valence-corrected chi connectivity index (χ3v) is 3.58. The number of carbonyl (C=O) groups excluding carboxylic acids is 2. The molecule has 2 saturated heterocycles. The Labute approximate surface area is 107 Å². The highest BCUT2D eigenvalue weighted by Gasteiger charge is 2.29. The maximum absolute atomic E-state index is 12.0. The third-order valence-electron chi connectivity index (χ3n) is 3.58. The standard InChI is InChI=1S/C12H21N3O3/c1-13-11(16)9-3-2-5-15(7-9)12(17)14-10-4-6-18-8-10/h9-10H,2-8H2,1H3,(H,13,16)(H,14,17). The largest absolute Gasteiger partial charge is 0.379 e. The molecule has 2 atom stereocenters. The molecule has 18 heavy (non-hydrogen) atoms. The van der Waals surface area contributed by atoms with E-state index in [4.69, 9.17) is 4.74 Å². The van der Waals surface area contributed by atoms with E-state index in [0.29, 0.717) is 19.8 Å². The molecule has 2 fully saturated rings. The van der Waals surface area contributed by atoms with Gasteiger partial charge in [-0.3, -0.25) is 4.79 Å². The molecular formula is C12H21N3O3. The zero-order valence-corrected chi connectivity index (χ0v) is 10.8.